The predicted molar refractivity (Wildman–Crippen MR) is 118 cm³/mol. The molecule has 3 atom stereocenters. The molecule has 11 heteroatoms. The van der Waals surface area contributed by atoms with E-state index in [-0.39, 0.29) is 17.6 Å². The summed E-state index contributed by atoms with van der Waals surface area (Å²) in [6.07, 6.45) is -3.79. The molecule has 34 heavy (non-hydrogen) atoms. The molecule has 0 saturated heterocycles. The lowest BCUT2D eigenvalue weighted by atomic mass is 9.77. The highest BCUT2D eigenvalue weighted by atomic mass is 32.2. The number of sulfonamides is 1. The number of rotatable bonds is 3. The second-order valence-corrected chi connectivity index (χ2v) is 10.8. The molecule has 0 fully saturated rings. The van der Waals surface area contributed by atoms with Gasteiger partial charge < -0.3 is 14.7 Å². The van der Waals surface area contributed by atoms with Crippen LogP contribution in [0.15, 0.2) is 41.3 Å². The third kappa shape index (κ3) is 4.22. The van der Waals surface area contributed by atoms with E-state index in [0.717, 1.165) is 10.4 Å². The Morgan fingerprint density at radius 2 is 1.91 bits per heavy atom. The van der Waals surface area contributed by atoms with E-state index in [2.05, 4.69) is 0 Å². The minimum absolute atomic E-state index is 0.133. The summed E-state index contributed by atoms with van der Waals surface area (Å²) in [6.45, 7) is 1.35. The highest BCUT2D eigenvalue weighted by Crippen LogP contribution is 2.46. The van der Waals surface area contributed by atoms with Crippen LogP contribution in [0.1, 0.15) is 36.1 Å². The summed E-state index contributed by atoms with van der Waals surface area (Å²) in [5, 5.41) is 9.03. The SMILES string of the molecule is CC1C2Cc3c(OCC(=O)O)cccc3[C@@H](C2)N(C)S(=O)(=O)c2cc(cc(C(F)(F)F)c2)N1C. The lowest BCUT2D eigenvalue weighted by molar-refractivity contribution is -0.139. The maximum atomic E-state index is 13.6. The van der Waals surface area contributed by atoms with Gasteiger partial charge in [0.15, 0.2) is 6.61 Å². The molecule has 0 saturated carbocycles. The maximum Gasteiger partial charge on any atom is 0.416 e. The van der Waals surface area contributed by atoms with Crippen LogP contribution in [0.5, 0.6) is 5.75 Å². The summed E-state index contributed by atoms with van der Waals surface area (Å²) in [6, 6.07) is 7.09. The molecular formula is C23H25F3N2O5S. The average Bonchev–Trinajstić information content (AvgIpc) is 2.79. The quantitative estimate of drug-likeness (QED) is 0.690. The summed E-state index contributed by atoms with van der Waals surface area (Å²) in [4.78, 5) is 12.3. The van der Waals surface area contributed by atoms with Crippen molar-refractivity contribution < 1.29 is 36.2 Å². The number of hydrogen-bond donors (Lipinski definition) is 1. The van der Waals surface area contributed by atoms with Crippen LogP contribution >= 0.6 is 0 Å². The number of halogens is 3. The van der Waals surface area contributed by atoms with E-state index >= 15 is 0 Å². The Kier molecular flexibility index (Phi) is 6.05. The lowest BCUT2D eigenvalue weighted by Crippen LogP contribution is -2.44. The average molecular weight is 499 g/mol. The van der Waals surface area contributed by atoms with Crippen LogP contribution in [0.3, 0.4) is 0 Å². The van der Waals surface area contributed by atoms with Crippen molar-refractivity contribution in [2.24, 2.45) is 5.92 Å². The first-order chi connectivity index (χ1) is 15.8. The van der Waals surface area contributed by atoms with Crippen LogP contribution < -0.4 is 9.64 Å². The number of benzene rings is 2. The zero-order valence-corrected chi connectivity index (χ0v) is 19.7. The molecule has 184 valence electrons. The van der Waals surface area contributed by atoms with Crippen molar-refractivity contribution in [3.8, 4) is 5.75 Å². The molecule has 0 amide bonds. The normalized spacial score (nSPS) is 24.3. The van der Waals surface area contributed by atoms with Crippen molar-refractivity contribution in [1.82, 2.24) is 4.31 Å². The molecular weight excluding hydrogens is 473 g/mol. The van der Waals surface area contributed by atoms with Gasteiger partial charge in [0.25, 0.3) is 0 Å². The zero-order valence-electron chi connectivity index (χ0n) is 18.8. The fourth-order valence-corrected chi connectivity index (χ4v) is 6.26. The molecule has 1 aliphatic carbocycles. The fourth-order valence-electron chi connectivity index (χ4n) is 4.84. The number of nitrogens with zero attached hydrogens (tertiary/aromatic N) is 2. The number of carboxylic acid groups (broad SMARTS) is 1. The zero-order chi connectivity index (χ0) is 25.0. The predicted octanol–water partition coefficient (Wildman–Crippen LogP) is 3.93. The molecule has 1 heterocycles. The molecule has 7 nitrogen and oxygen atoms in total. The number of carboxylic acids is 1. The third-order valence-corrected chi connectivity index (χ3v) is 8.75. The van der Waals surface area contributed by atoms with E-state index in [0.29, 0.717) is 35.8 Å². The Balaban J connectivity index is 1.91. The monoisotopic (exact) mass is 498 g/mol. The van der Waals surface area contributed by atoms with Gasteiger partial charge in [0.2, 0.25) is 10.0 Å². The third-order valence-electron chi connectivity index (χ3n) is 6.91. The molecule has 2 aliphatic rings. The molecule has 0 aromatic heterocycles. The highest BCUT2D eigenvalue weighted by Gasteiger charge is 2.41. The topological polar surface area (TPSA) is 87.1 Å². The first-order valence-electron chi connectivity index (χ1n) is 10.7. The van der Waals surface area contributed by atoms with Crippen molar-refractivity contribution in [2.75, 3.05) is 25.6 Å². The lowest BCUT2D eigenvalue weighted by Gasteiger charge is -2.43. The summed E-state index contributed by atoms with van der Waals surface area (Å²) in [5.41, 5.74) is 0.515. The van der Waals surface area contributed by atoms with Gasteiger partial charge in [0, 0.05) is 25.8 Å². The van der Waals surface area contributed by atoms with E-state index in [1.807, 2.05) is 6.92 Å². The smallest absolute Gasteiger partial charge is 0.416 e. The second kappa shape index (κ2) is 8.46. The first-order valence-corrected chi connectivity index (χ1v) is 12.1. The van der Waals surface area contributed by atoms with Crippen LogP contribution in [-0.4, -0.2) is 50.5 Å². The van der Waals surface area contributed by atoms with Crippen LogP contribution in [0.4, 0.5) is 18.9 Å². The molecule has 0 radical (unpaired) electrons. The van der Waals surface area contributed by atoms with Crippen molar-refractivity contribution in [1.29, 1.82) is 0 Å². The van der Waals surface area contributed by atoms with E-state index in [1.54, 1.807) is 30.1 Å². The van der Waals surface area contributed by atoms with Crippen molar-refractivity contribution in [2.45, 2.75) is 42.9 Å². The molecule has 1 aliphatic heterocycles. The minimum Gasteiger partial charge on any atom is -0.482 e. The van der Waals surface area contributed by atoms with Gasteiger partial charge in [-0.15, -0.1) is 0 Å². The van der Waals surface area contributed by atoms with E-state index in [1.165, 1.54) is 13.1 Å². The van der Waals surface area contributed by atoms with E-state index < -0.39 is 45.3 Å². The first kappa shape index (κ1) is 24.3. The summed E-state index contributed by atoms with van der Waals surface area (Å²) < 4.78 is 74.5. The standard InChI is InChI=1S/C23H25F3N2O5S/c1-13-14-7-19-18(5-4-6-21(19)33-12-22(29)30)20(8-14)28(3)34(31,32)17-10-15(23(24,25)26)9-16(11-17)27(13)2/h4-6,9-11,13-14,20H,7-8,12H2,1-3H3,(H,29,30)/t13?,14?,20-/m1/s1. The maximum absolute atomic E-state index is 13.6. The molecule has 4 rings (SSSR count). The summed E-state index contributed by atoms with van der Waals surface area (Å²) in [7, 11) is -1.26. The molecule has 2 aromatic carbocycles. The van der Waals surface area contributed by atoms with Crippen molar-refractivity contribution >= 4 is 21.7 Å². The number of carbonyl (C=O) groups is 1. The summed E-state index contributed by atoms with van der Waals surface area (Å²) in [5.74, 6) is -0.904. The molecule has 4 bridgehead atoms. The van der Waals surface area contributed by atoms with E-state index in [4.69, 9.17) is 9.84 Å². The van der Waals surface area contributed by atoms with Gasteiger partial charge in [-0.1, -0.05) is 12.1 Å². The Labute approximate surface area is 195 Å². The number of hydrogen-bond acceptors (Lipinski definition) is 5. The number of ether oxygens (including phenoxy) is 1. The van der Waals surface area contributed by atoms with Gasteiger partial charge in [-0.05, 0) is 61.1 Å². The highest BCUT2D eigenvalue weighted by molar-refractivity contribution is 7.89. The number of fused-ring (bicyclic) bond motifs is 6. The fraction of sp³-hybridized carbons (Fsp3) is 0.435. The Hall–Kier alpha value is -2.79. The largest absolute Gasteiger partial charge is 0.482 e. The molecule has 2 unspecified atom stereocenters. The van der Waals surface area contributed by atoms with Gasteiger partial charge >= 0.3 is 12.1 Å². The van der Waals surface area contributed by atoms with Crippen LogP contribution in [0.2, 0.25) is 0 Å². The number of anilines is 1. The molecule has 0 spiro atoms. The second-order valence-electron chi connectivity index (χ2n) is 8.81. The van der Waals surface area contributed by atoms with Gasteiger partial charge in [-0.25, -0.2) is 13.2 Å². The Morgan fingerprint density at radius 3 is 2.56 bits per heavy atom. The van der Waals surface area contributed by atoms with E-state index in [9.17, 15) is 26.4 Å². The summed E-state index contributed by atoms with van der Waals surface area (Å²) >= 11 is 0. The molecule has 2 aromatic rings. The van der Waals surface area contributed by atoms with Crippen molar-refractivity contribution in [3.05, 3.63) is 53.1 Å². The Morgan fingerprint density at radius 1 is 1.21 bits per heavy atom. The van der Waals surface area contributed by atoms with Crippen LogP contribution in [0, 0.1) is 5.92 Å². The van der Waals surface area contributed by atoms with Crippen LogP contribution in [0.25, 0.3) is 0 Å². The Bertz CT molecular complexity index is 1230. The van der Waals surface area contributed by atoms with Crippen molar-refractivity contribution in [3.63, 3.8) is 0 Å². The van der Waals surface area contributed by atoms with Gasteiger partial charge in [0.05, 0.1) is 16.5 Å². The minimum atomic E-state index is -4.70. The number of aliphatic carboxylic acids is 1. The van der Waals surface area contributed by atoms with Gasteiger partial charge in [-0.3, -0.25) is 0 Å². The van der Waals surface area contributed by atoms with Crippen LogP contribution in [-0.2, 0) is 27.4 Å². The molecule has 1 N–H and O–H groups in total. The number of alkyl halides is 3. The van der Waals surface area contributed by atoms with Gasteiger partial charge in [-0.2, -0.15) is 17.5 Å². The van der Waals surface area contributed by atoms with Gasteiger partial charge in [0.1, 0.15) is 5.75 Å².